The summed E-state index contributed by atoms with van der Waals surface area (Å²) in [7, 11) is 0. The monoisotopic (exact) mass is 453 g/mol. The highest BCUT2D eigenvalue weighted by Crippen LogP contribution is 2.46. The molecule has 174 valence electrons. The summed E-state index contributed by atoms with van der Waals surface area (Å²) < 4.78 is 7.85. The van der Waals surface area contributed by atoms with E-state index < -0.39 is 0 Å². The van der Waals surface area contributed by atoms with Crippen LogP contribution in [-0.2, 0) is 16.8 Å². The predicted octanol–water partition coefficient (Wildman–Crippen LogP) is 6.79. The molecule has 3 aromatic heterocycles. The number of hydrogen-bond acceptors (Lipinski definition) is 4. The van der Waals surface area contributed by atoms with Crippen LogP contribution in [0, 0.1) is 19.8 Å². The third-order valence-corrected chi connectivity index (χ3v) is 8.00. The molecule has 0 aliphatic heterocycles. The summed E-state index contributed by atoms with van der Waals surface area (Å²) in [5.74, 6) is 1.54. The number of hydrogen-bond donors (Lipinski definition) is 0. The van der Waals surface area contributed by atoms with Crippen LogP contribution in [0.3, 0.4) is 0 Å². The summed E-state index contributed by atoms with van der Waals surface area (Å²) in [5.41, 5.74) is 8.35. The van der Waals surface area contributed by atoms with Crippen LogP contribution in [0.2, 0.25) is 0 Å². The maximum atomic E-state index is 11.6. The Balaban J connectivity index is 1.44. The maximum Gasteiger partial charge on any atom is 0.141 e. The number of aldehydes is 1. The molecule has 0 atom stereocenters. The van der Waals surface area contributed by atoms with Gasteiger partial charge in [0.1, 0.15) is 12.0 Å². The Kier molecular flexibility index (Phi) is 5.16. The summed E-state index contributed by atoms with van der Waals surface area (Å²) >= 11 is 0. The molecule has 0 saturated heterocycles. The summed E-state index contributed by atoms with van der Waals surface area (Å²) in [6.07, 6.45) is 13.9. The lowest BCUT2D eigenvalue weighted by Gasteiger charge is -2.22. The number of carbonyl (C=O) groups is 1. The van der Waals surface area contributed by atoms with Gasteiger partial charge in [-0.15, -0.1) is 0 Å². The third-order valence-electron chi connectivity index (χ3n) is 8.00. The minimum Gasteiger partial charge on any atom is -0.361 e. The van der Waals surface area contributed by atoms with E-state index in [1.54, 1.807) is 0 Å². The quantitative estimate of drug-likeness (QED) is 0.302. The Morgan fingerprint density at radius 2 is 1.85 bits per heavy atom. The molecule has 0 amide bonds. The Labute approximate surface area is 200 Å². The minimum atomic E-state index is -0.241. The first kappa shape index (κ1) is 21.3. The molecule has 0 unspecified atom stereocenters. The van der Waals surface area contributed by atoms with Crippen LogP contribution in [0.1, 0.15) is 62.0 Å². The molecule has 2 fully saturated rings. The maximum absolute atomic E-state index is 11.6. The molecule has 5 heteroatoms. The van der Waals surface area contributed by atoms with Crippen molar-refractivity contribution in [2.24, 2.45) is 5.92 Å². The van der Waals surface area contributed by atoms with E-state index in [-0.39, 0.29) is 5.41 Å². The van der Waals surface area contributed by atoms with Crippen LogP contribution in [0.5, 0.6) is 0 Å². The van der Waals surface area contributed by atoms with Crippen LogP contribution in [0.4, 0.5) is 0 Å². The van der Waals surface area contributed by atoms with Crippen molar-refractivity contribution >= 4 is 17.3 Å². The van der Waals surface area contributed by atoms with E-state index in [0.717, 1.165) is 76.0 Å². The number of aromatic nitrogens is 3. The first-order valence-corrected chi connectivity index (χ1v) is 12.6. The van der Waals surface area contributed by atoms with Crippen molar-refractivity contribution in [3.8, 4) is 22.3 Å². The van der Waals surface area contributed by atoms with E-state index in [2.05, 4.69) is 46.3 Å². The van der Waals surface area contributed by atoms with Gasteiger partial charge in [0.2, 0.25) is 0 Å². The zero-order valence-corrected chi connectivity index (χ0v) is 20.0. The molecule has 34 heavy (non-hydrogen) atoms. The van der Waals surface area contributed by atoms with Gasteiger partial charge in [-0.25, -0.2) is 0 Å². The highest BCUT2D eigenvalue weighted by Gasteiger charge is 2.44. The molecule has 2 aliphatic rings. The second kappa shape index (κ2) is 8.23. The molecule has 0 bridgehead atoms. The SMILES string of the molecule is Cc1noc(C)c1-c1cnc2c(-c3ccc(C4(C=O)CC4)cc3)cn(CC3CCCCC3)c2c1. The Bertz CT molecular complexity index is 1330. The summed E-state index contributed by atoms with van der Waals surface area (Å²) in [4.78, 5) is 16.5. The van der Waals surface area contributed by atoms with E-state index in [1.807, 2.05) is 20.0 Å². The molecule has 0 N–H and O–H groups in total. The van der Waals surface area contributed by atoms with Crippen LogP contribution >= 0.6 is 0 Å². The topological polar surface area (TPSA) is 60.9 Å². The normalized spacial score (nSPS) is 17.8. The third kappa shape index (κ3) is 3.58. The van der Waals surface area contributed by atoms with Crippen molar-refractivity contribution in [2.75, 3.05) is 0 Å². The van der Waals surface area contributed by atoms with Gasteiger partial charge in [-0.05, 0) is 62.6 Å². The van der Waals surface area contributed by atoms with Gasteiger partial charge in [-0.2, -0.15) is 0 Å². The lowest BCUT2D eigenvalue weighted by molar-refractivity contribution is -0.109. The summed E-state index contributed by atoms with van der Waals surface area (Å²) in [6, 6.07) is 10.8. The van der Waals surface area contributed by atoms with Crippen molar-refractivity contribution in [3.63, 3.8) is 0 Å². The van der Waals surface area contributed by atoms with Crippen LogP contribution in [0.25, 0.3) is 33.3 Å². The number of rotatable bonds is 6. The number of pyridine rings is 1. The number of benzene rings is 1. The number of nitrogens with zero attached hydrogens (tertiary/aromatic N) is 3. The number of carbonyl (C=O) groups excluding carboxylic acids is 1. The van der Waals surface area contributed by atoms with Crippen molar-refractivity contribution in [1.82, 2.24) is 14.7 Å². The van der Waals surface area contributed by atoms with Crippen molar-refractivity contribution in [1.29, 1.82) is 0 Å². The molecule has 6 rings (SSSR count). The smallest absolute Gasteiger partial charge is 0.141 e. The van der Waals surface area contributed by atoms with Gasteiger partial charge in [0.25, 0.3) is 0 Å². The standard InChI is InChI=1S/C29H31N3O2/c1-19-27(20(2)34-31-19)23-14-26-28(30-15-23)25(17-32(26)16-21-6-4-3-5-7-21)22-8-10-24(11-9-22)29(18-33)12-13-29/h8-11,14-15,17-18,21H,3-7,12-13,16H2,1-2H3. The number of fused-ring (bicyclic) bond motifs is 1. The second-order valence-corrected chi connectivity index (χ2v) is 10.3. The lowest BCUT2D eigenvalue weighted by Crippen LogP contribution is -2.13. The minimum absolute atomic E-state index is 0.241. The molecule has 5 nitrogen and oxygen atoms in total. The van der Waals surface area contributed by atoms with Crippen molar-refractivity contribution < 1.29 is 9.32 Å². The van der Waals surface area contributed by atoms with Crippen molar-refractivity contribution in [3.05, 3.63) is 59.7 Å². The first-order valence-electron chi connectivity index (χ1n) is 12.6. The van der Waals surface area contributed by atoms with E-state index in [9.17, 15) is 4.79 Å². The van der Waals surface area contributed by atoms with E-state index in [0.29, 0.717) is 5.92 Å². The molecular formula is C29H31N3O2. The predicted molar refractivity (Wildman–Crippen MR) is 134 cm³/mol. The fraction of sp³-hybridized carbons (Fsp3) is 0.414. The largest absolute Gasteiger partial charge is 0.361 e. The average Bonchev–Trinajstić information content (AvgIpc) is 3.50. The van der Waals surface area contributed by atoms with Gasteiger partial charge >= 0.3 is 0 Å². The van der Waals surface area contributed by atoms with E-state index >= 15 is 0 Å². The highest BCUT2D eigenvalue weighted by atomic mass is 16.5. The summed E-state index contributed by atoms with van der Waals surface area (Å²) in [5, 5.41) is 4.15. The molecule has 2 saturated carbocycles. The van der Waals surface area contributed by atoms with Gasteiger partial charge in [0, 0.05) is 35.6 Å². The molecule has 3 heterocycles. The molecule has 4 aromatic rings. The molecule has 2 aliphatic carbocycles. The second-order valence-electron chi connectivity index (χ2n) is 10.3. The van der Waals surface area contributed by atoms with Crippen molar-refractivity contribution in [2.45, 2.75) is 70.8 Å². The average molecular weight is 454 g/mol. The Morgan fingerprint density at radius 1 is 1.09 bits per heavy atom. The van der Waals surface area contributed by atoms with Crippen LogP contribution < -0.4 is 0 Å². The lowest BCUT2D eigenvalue weighted by atomic mass is 9.89. The fourth-order valence-electron chi connectivity index (χ4n) is 5.80. The number of aryl methyl sites for hydroxylation is 2. The molecule has 0 spiro atoms. The van der Waals surface area contributed by atoms with E-state index in [4.69, 9.17) is 9.51 Å². The Morgan fingerprint density at radius 3 is 2.50 bits per heavy atom. The van der Waals surface area contributed by atoms with Crippen LogP contribution in [-0.4, -0.2) is 21.0 Å². The van der Waals surface area contributed by atoms with Gasteiger partial charge in [0.15, 0.2) is 0 Å². The van der Waals surface area contributed by atoms with Gasteiger partial charge < -0.3 is 13.9 Å². The Hall–Kier alpha value is -3.21. The molecular weight excluding hydrogens is 422 g/mol. The van der Waals surface area contributed by atoms with Gasteiger partial charge in [-0.1, -0.05) is 48.7 Å². The van der Waals surface area contributed by atoms with Crippen LogP contribution in [0.15, 0.2) is 47.2 Å². The zero-order chi connectivity index (χ0) is 23.3. The van der Waals surface area contributed by atoms with Gasteiger partial charge in [-0.3, -0.25) is 4.98 Å². The highest BCUT2D eigenvalue weighted by molar-refractivity contribution is 5.95. The summed E-state index contributed by atoms with van der Waals surface area (Å²) in [6.45, 7) is 4.96. The van der Waals surface area contributed by atoms with E-state index in [1.165, 1.54) is 32.1 Å². The van der Waals surface area contributed by atoms with Gasteiger partial charge in [0.05, 0.1) is 22.1 Å². The molecule has 1 aromatic carbocycles. The fourth-order valence-corrected chi connectivity index (χ4v) is 5.80. The zero-order valence-electron chi connectivity index (χ0n) is 20.0. The first-order chi connectivity index (χ1) is 16.6. The molecule has 0 radical (unpaired) electrons.